The molecule has 1 N–H and O–H groups in total. The van der Waals surface area contributed by atoms with Gasteiger partial charge in [0.15, 0.2) is 0 Å². The summed E-state index contributed by atoms with van der Waals surface area (Å²) in [5, 5.41) is 2.95. The van der Waals surface area contributed by atoms with E-state index in [0.717, 1.165) is 16.9 Å². The van der Waals surface area contributed by atoms with E-state index in [1.807, 2.05) is 44.5 Å². The van der Waals surface area contributed by atoms with Gasteiger partial charge in [-0.15, -0.1) is 0 Å². The van der Waals surface area contributed by atoms with Gasteiger partial charge in [0.1, 0.15) is 22.9 Å². The molecule has 3 heterocycles. The molecule has 36 heavy (non-hydrogen) atoms. The Morgan fingerprint density at radius 1 is 1.06 bits per heavy atom. The Bertz CT molecular complexity index is 1250. The molecular weight excluding hydrogens is 463 g/mol. The summed E-state index contributed by atoms with van der Waals surface area (Å²) in [5.74, 6) is -0.0639. The molecule has 1 unspecified atom stereocenters. The lowest BCUT2D eigenvalue weighted by Gasteiger charge is -2.24. The zero-order valence-electron chi connectivity index (χ0n) is 21.2. The topological polar surface area (TPSA) is 85.7 Å². The molecule has 4 rings (SSSR count). The van der Waals surface area contributed by atoms with Gasteiger partial charge in [-0.3, -0.25) is 4.98 Å². The van der Waals surface area contributed by atoms with Crippen LogP contribution in [0.25, 0.3) is 22.3 Å². The van der Waals surface area contributed by atoms with E-state index in [0.29, 0.717) is 36.3 Å². The summed E-state index contributed by atoms with van der Waals surface area (Å²) in [6, 6.07) is 9.67. The second kappa shape index (κ2) is 10.0. The minimum atomic E-state index is -0.589. The predicted octanol–water partition coefficient (Wildman–Crippen LogP) is 4.78. The van der Waals surface area contributed by atoms with Crippen molar-refractivity contribution >= 4 is 17.9 Å². The smallest absolute Gasteiger partial charge is 0.407 e. The number of aromatic nitrogens is 2. The molecule has 0 bridgehead atoms. The number of benzene rings is 1. The van der Waals surface area contributed by atoms with E-state index in [9.17, 15) is 14.0 Å². The normalized spacial score (nSPS) is 15.6. The van der Waals surface area contributed by atoms with Crippen molar-refractivity contribution in [2.45, 2.75) is 38.8 Å². The van der Waals surface area contributed by atoms with Gasteiger partial charge in [-0.1, -0.05) is 12.1 Å². The third-order valence-corrected chi connectivity index (χ3v) is 6.05. The molecule has 0 saturated carbocycles. The molecule has 2 aromatic heterocycles. The molecule has 8 nitrogen and oxygen atoms in total. The molecule has 0 aliphatic carbocycles. The van der Waals surface area contributed by atoms with E-state index in [1.165, 1.54) is 19.2 Å². The monoisotopic (exact) mass is 494 g/mol. The Balaban J connectivity index is 1.81. The lowest BCUT2D eigenvalue weighted by Crippen LogP contribution is -2.40. The average molecular weight is 495 g/mol. The molecule has 3 aromatic rings. The summed E-state index contributed by atoms with van der Waals surface area (Å²) in [7, 11) is 3.15. The van der Waals surface area contributed by atoms with Crippen LogP contribution >= 0.6 is 0 Å². The van der Waals surface area contributed by atoms with Gasteiger partial charge in [0.05, 0.1) is 13.2 Å². The molecule has 1 saturated heterocycles. The fourth-order valence-corrected chi connectivity index (χ4v) is 4.61. The number of ether oxygens (including phenoxy) is 2. The van der Waals surface area contributed by atoms with Gasteiger partial charge in [0.25, 0.3) is 0 Å². The highest BCUT2D eigenvalue weighted by Gasteiger charge is 2.34. The van der Waals surface area contributed by atoms with Crippen molar-refractivity contribution in [1.29, 1.82) is 0 Å². The first-order valence-corrected chi connectivity index (χ1v) is 11.8. The summed E-state index contributed by atoms with van der Waals surface area (Å²) in [6.07, 6.45) is 3.63. The predicted molar refractivity (Wildman–Crippen MR) is 135 cm³/mol. The number of anilines is 1. The number of nitrogens with one attached hydrogen (secondary N) is 1. The average Bonchev–Trinajstić information content (AvgIpc) is 3.40. The van der Waals surface area contributed by atoms with Crippen molar-refractivity contribution in [1.82, 2.24) is 14.9 Å². The van der Waals surface area contributed by atoms with Gasteiger partial charge in [-0.25, -0.2) is 14.0 Å². The standard InChI is InChI=1S/C27H31FN4O4/c1-27(2,3)36-26(34)30-20-12-15-32(16-20)24-22(18-10-13-29-14-11-18)21(17-6-8-19(28)9-7-17)23(31(24)4)25(33)35-5/h6-11,13-14,20H,12,15-16H2,1-5H3,(H,30,34). The Morgan fingerprint density at radius 2 is 1.69 bits per heavy atom. The van der Waals surface area contributed by atoms with Crippen LogP contribution in [0.1, 0.15) is 37.7 Å². The van der Waals surface area contributed by atoms with E-state index in [2.05, 4.69) is 15.2 Å². The fourth-order valence-electron chi connectivity index (χ4n) is 4.61. The molecule has 1 fully saturated rings. The third-order valence-electron chi connectivity index (χ3n) is 6.05. The van der Waals surface area contributed by atoms with Crippen molar-refractivity contribution in [2.24, 2.45) is 7.05 Å². The highest BCUT2D eigenvalue weighted by molar-refractivity contribution is 6.05. The number of esters is 1. The molecule has 0 spiro atoms. The van der Waals surface area contributed by atoms with Crippen molar-refractivity contribution in [3.63, 3.8) is 0 Å². The number of carbonyl (C=O) groups is 2. The van der Waals surface area contributed by atoms with E-state index in [-0.39, 0.29) is 11.9 Å². The van der Waals surface area contributed by atoms with Crippen molar-refractivity contribution in [3.8, 4) is 22.3 Å². The number of pyridine rings is 1. The lowest BCUT2D eigenvalue weighted by atomic mass is 9.96. The first-order chi connectivity index (χ1) is 17.1. The number of methoxy groups -OCH3 is 1. The molecule has 1 aromatic carbocycles. The number of alkyl carbamates (subject to hydrolysis) is 1. The maximum absolute atomic E-state index is 13.8. The Labute approximate surface area is 210 Å². The highest BCUT2D eigenvalue weighted by Crippen LogP contribution is 2.45. The number of hydrogen-bond acceptors (Lipinski definition) is 6. The van der Waals surface area contributed by atoms with Gasteiger partial charge in [-0.2, -0.15) is 0 Å². The van der Waals surface area contributed by atoms with Crippen LogP contribution in [0.2, 0.25) is 0 Å². The SMILES string of the molecule is COC(=O)c1c(-c2ccc(F)cc2)c(-c2ccncc2)c(N2CCC(NC(=O)OC(C)(C)C)C2)n1C. The van der Waals surface area contributed by atoms with Crippen LogP contribution in [0.3, 0.4) is 0 Å². The Hall–Kier alpha value is -3.88. The molecule has 1 aliphatic rings. The minimum absolute atomic E-state index is 0.129. The van der Waals surface area contributed by atoms with Crippen LogP contribution in [0.5, 0.6) is 0 Å². The zero-order valence-corrected chi connectivity index (χ0v) is 21.2. The highest BCUT2D eigenvalue weighted by atomic mass is 19.1. The first kappa shape index (κ1) is 25.2. The Kier molecular flexibility index (Phi) is 7.01. The second-order valence-corrected chi connectivity index (χ2v) is 9.79. The molecule has 9 heteroatoms. The van der Waals surface area contributed by atoms with Crippen LogP contribution in [-0.4, -0.2) is 53.5 Å². The summed E-state index contributed by atoms with van der Waals surface area (Å²) < 4.78 is 26.2. The maximum Gasteiger partial charge on any atom is 0.407 e. The van der Waals surface area contributed by atoms with E-state index >= 15 is 0 Å². The first-order valence-electron chi connectivity index (χ1n) is 11.8. The van der Waals surface area contributed by atoms with Gasteiger partial charge in [-0.05, 0) is 62.6 Å². The number of amides is 1. The van der Waals surface area contributed by atoms with Crippen LogP contribution in [0.15, 0.2) is 48.8 Å². The summed E-state index contributed by atoms with van der Waals surface area (Å²) in [4.78, 5) is 31.7. The molecule has 1 aliphatic heterocycles. The van der Waals surface area contributed by atoms with Crippen molar-refractivity contribution in [2.75, 3.05) is 25.1 Å². The molecule has 0 radical (unpaired) electrons. The number of carbonyl (C=O) groups excluding carboxylic acids is 2. The summed E-state index contributed by atoms with van der Waals surface area (Å²) in [6.45, 7) is 6.65. The molecule has 1 amide bonds. The Morgan fingerprint density at radius 3 is 2.31 bits per heavy atom. The second-order valence-electron chi connectivity index (χ2n) is 9.79. The quantitative estimate of drug-likeness (QED) is 0.514. The summed E-state index contributed by atoms with van der Waals surface area (Å²) >= 11 is 0. The number of halogens is 1. The van der Waals surface area contributed by atoms with Gasteiger partial charge >= 0.3 is 12.1 Å². The fraction of sp³-hybridized carbons (Fsp3) is 0.370. The van der Waals surface area contributed by atoms with Crippen molar-refractivity contribution in [3.05, 3.63) is 60.3 Å². The lowest BCUT2D eigenvalue weighted by molar-refractivity contribution is 0.0508. The van der Waals surface area contributed by atoms with Gasteiger partial charge < -0.3 is 24.3 Å². The minimum Gasteiger partial charge on any atom is -0.464 e. The van der Waals surface area contributed by atoms with Crippen LogP contribution in [-0.2, 0) is 16.5 Å². The van der Waals surface area contributed by atoms with E-state index in [4.69, 9.17) is 9.47 Å². The van der Waals surface area contributed by atoms with Crippen LogP contribution < -0.4 is 10.2 Å². The number of hydrogen-bond donors (Lipinski definition) is 1. The molecule has 190 valence electrons. The third kappa shape index (κ3) is 5.19. The van der Waals surface area contributed by atoms with Crippen LogP contribution in [0, 0.1) is 5.82 Å². The van der Waals surface area contributed by atoms with Gasteiger partial charge in [0.2, 0.25) is 0 Å². The van der Waals surface area contributed by atoms with Crippen molar-refractivity contribution < 1.29 is 23.5 Å². The van der Waals surface area contributed by atoms with Gasteiger partial charge in [0, 0.05) is 43.7 Å². The number of nitrogens with zero attached hydrogens (tertiary/aromatic N) is 3. The maximum atomic E-state index is 13.8. The van der Waals surface area contributed by atoms with E-state index < -0.39 is 17.7 Å². The summed E-state index contributed by atoms with van der Waals surface area (Å²) in [5.41, 5.74) is 2.77. The van der Waals surface area contributed by atoms with E-state index in [1.54, 1.807) is 24.5 Å². The number of rotatable bonds is 5. The molecule has 1 atom stereocenters. The van der Waals surface area contributed by atoms with Crippen LogP contribution in [0.4, 0.5) is 15.0 Å². The zero-order chi connectivity index (χ0) is 26.0. The largest absolute Gasteiger partial charge is 0.464 e. The molecular formula is C27H31FN4O4.